The number of hydrogen-bond acceptors (Lipinski definition) is 1. The second-order valence-corrected chi connectivity index (χ2v) is 5.37. The zero-order valence-corrected chi connectivity index (χ0v) is 11.3. The quantitative estimate of drug-likeness (QED) is 0.756. The predicted octanol–water partition coefficient (Wildman–Crippen LogP) is 3.85. The number of piperidine rings is 1. The van der Waals surface area contributed by atoms with Gasteiger partial charge in [0.25, 0.3) is 5.91 Å². The molecule has 1 amide bonds. The van der Waals surface area contributed by atoms with E-state index in [0.717, 1.165) is 35.7 Å². The molecule has 19 heavy (non-hydrogen) atoms. The molecule has 98 valence electrons. The van der Waals surface area contributed by atoms with E-state index in [9.17, 15) is 4.79 Å². The van der Waals surface area contributed by atoms with E-state index in [1.165, 1.54) is 6.42 Å². The summed E-state index contributed by atoms with van der Waals surface area (Å²) >= 11 is 0. The minimum Gasteiger partial charge on any atom is -0.336 e. The van der Waals surface area contributed by atoms with Gasteiger partial charge in [0.1, 0.15) is 0 Å². The van der Waals surface area contributed by atoms with E-state index in [4.69, 9.17) is 0 Å². The van der Waals surface area contributed by atoms with E-state index < -0.39 is 0 Å². The first-order valence-corrected chi connectivity index (χ1v) is 7.06. The molecule has 1 saturated heterocycles. The third kappa shape index (κ3) is 2.23. The molecule has 0 bridgehead atoms. The summed E-state index contributed by atoms with van der Waals surface area (Å²) in [6.07, 6.45) is 3.48. The minimum absolute atomic E-state index is 0.184. The van der Waals surface area contributed by atoms with Gasteiger partial charge < -0.3 is 4.90 Å². The van der Waals surface area contributed by atoms with Gasteiger partial charge in [0.15, 0.2) is 0 Å². The topological polar surface area (TPSA) is 20.3 Å². The van der Waals surface area contributed by atoms with Crippen LogP contribution in [-0.2, 0) is 0 Å². The molecule has 3 rings (SSSR count). The molecule has 2 aromatic carbocycles. The summed E-state index contributed by atoms with van der Waals surface area (Å²) in [5.74, 6) is 0.184. The molecule has 1 aliphatic rings. The normalized spacial score (nSPS) is 19.6. The maximum Gasteiger partial charge on any atom is 0.254 e. The molecule has 0 unspecified atom stereocenters. The van der Waals surface area contributed by atoms with Crippen molar-refractivity contribution in [3.05, 3.63) is 48.0 Å². The van der Waals surface area contributed by atoms with E-state index in [0.29, 0.717) is 6.04 Å². The predicted molar refractivity (Wildman–Crippen MR) is 78.3 cm³/mol. The second-order valence-electron chi connectivity index (χ2n) is 5.37. The second kappa shape index (κ2) is 5.04. The highest BCUT2D eigenvalue weighted by molar-refractivity contribution is 6.07. The van der Waals surface area contributed by atoms with Crippen molar-refractivity contribution in [3.8, 4) is 0 Å². The lowest BCUT2D eigenvalue weighted by atomic mass is 9.99. The van der Waals surface area contributed by atoms with Crippen LogP contribution in [0, 0.1) is 0 Å². The maximum atomic E-state index is 12.8. The van der Waals surface area contributed by atoms with Gasteiger partial charge in [-0.25, -0.2) is 0 Å². The highest BCUT2D eigenvalue weighted by Gasteiger charge is 2.24. The van der Waals surface area contributed by atoms with Gasteiger partial charge in [0.05, 0.1) is 0 Å². The summed E-state index contributed by atoms with van der Waals surface area (Å²) in [5.41, 5.74) is 0.840. The summed E-state index contributed by atoms with van der Waals surface area (Å²) in [5, 5.41) is 2.20. The van der Waals surface area contributed by atoms with Crippen LogP contribution < -0.4 is 0 Å². The van der Waals surface area contributed by atoms with Gasteiger partial charge >= 0.3 is 0 Å². The number of likely N-dealkylation sites (tertiary alicyclic amines) is 1. The molecule has 0 saturated carbocycles. The number of carbonyl (C=O) groups is 1. The molecule has 1 heterocycles. The Morgan fingerprint density at radius 3 is 2.74 bits per heavy atom. The van der Waals surface area contributed by atoms with Crippen molar-refractivity contribution >= 4 is 16.7 Å². The smallest absolute Gasteiger partial charge is 0.254 e. The third-order valence-corrected chi connectivity index (χ3v) is 4.08. The van der Waals surface area contributed by atoms with Gasteiger partial charge in [-0.1, -0.05) is 36.4 Å². The van der Waals surface area contributed by atoms with Crippen molar-refractivity contribution in [3.63, 3.8) is 0 Å². The van der Waals surface area contributed by atoms with Gasteiger partial charge in [-0.3, -0.25) is 4.79 Å². The van der Waals surface area contributed by atoms with E-state index in [1.807, 2.05) is 35.2 Å². The van der Waals surface area contributed by atoms with E-state index >= 15 is 0 Å². The number of hydrogen-bond donors (Lipinski definition) is 0. The molecule has 1 atom stereocenters. The first kappa shape index (κ1) is 12.2. The van der Waals surface area contributed by atoms with Crippen LogP contribution in [0.3, 0.4) is 0 Å². The monoisotopic (exact) mass is 253 g/mol. The zero-order chi connectivity index (χ0) is 13.2. The number of carbonyl (C=O) groups excluding carboxylic acids is 1. The summed E-state index contributed by atoms with van der Waals surface area (Å²) in [7, 11) is 0. The average molecular weight is 253 g/mol. The summed E-state index contributed by atoms with van der Waals surface area (Å²) in [6, 6.07) is 14.5. The molecular formula is C17H19NO. The first-order valence-electron chi connectivity index (χ1n) is 7.06. The molecular weight excluding hydrogens is 234 g/mol. The third-order valence-electron chi connectivity index (χ3n) is 4.08. The number of nitrogens with zero attached hydrogens (tertiary/aromatic N) is 1. The van der Waals surface area contributed by atoms with Crippen molar-refractivity contribution in [2.24, 2.45) is 0 Å². The highest BCUT2D eigenvalue weighted by atomic mass is 16.2. The van der Waals surface area contributed by atoms with Gasteiger partial charge in [-0.15, -0.1) is 0 Å². The molecule has 2 aromatic rings. The van der Waals surface area contributed by atoms with Crippen LogP contribution >= 0.6 is 0 Å². The Labute approximate surface area is 114 Å². The molecule has 0 radical (unpaired) electrons. The van der Waals surface area contributed by atoms with Crippen LogP contribution in [0.4, 0.5) is 0 Å². The number of fused-ring (bicyclic) bond motifs is 1. The first-order chi connectivity index (χ1) is 9.27. The van der Waals surface area contributed by atoms with Crippen LogP contribution in [0.15, 0.2) is 42.5 Å². The fourth-order valence-electron chi connectivity index (χ4n) is 2.97. The Bertz CT molecular complexity index is 600. The van der Waals surface area contributed by atoms with Gasteiger partial charge in [-0.05, 0) is 43.0 Å². The summed E-state index contributed by atoms with van der Waals surface area (Å²) < 4.78 is 0. The molecule has 0 aliphatic carbocycles. The van der Waals surface area contributed by atoms with Crippen LogP contribution in [0.1, 0.15) is 36.5 Å². The van der Waals surface area contributed by atoms with E-state index in [-0.39, 0.29) is 5.91 Å². The van der Waals surface area contributed by atoms with Crippen LogP contribution in [-0.4, -0.2) is 23.4 Å². The Morgan fingerprint density at radius 1 is 1.11 bits per heavy atom. The lowest BCUT2D eigenvalue weighted by Crippen LogP contribution is -2.42. The van der Waals surface area contributed by atoms with E-state index in [1.54, 1.807) is 0 Å². The SMILES string of the molecule is C[C@H]1CCCCN1C(=O)c1cccc2ccccc12. The number of rotatable bonds is 1. The molecule has 0 N–H and O–H groups in total. The summed E-state index contributed by atoms with van der Waals surface area (Å²) in [6.45, 7) is 3.05. The Kier molecular flexibility index (Phi) is 3.24. The Hall–Kier alpha value is -1.83. The van der Waals surface area contributed by atoms with E-state index in [2.05, 4.69) is 19.1 Å². The Morgan fingerprint density at radius 2 is 1.89 bits per heavy atom. The average Bonchev–Trinajstić information content (AvgIpc) is 2.46. The van der Waals surface area contributed by atoms with Gasteiger partial charge in [0, 0.05) is 18.2 Å². The molecule has 0 spiro atoms. The summed E-state index contributed by atoms with van der Waals surface area (Å²) in [4.78, 5) is 14.8. The van der Waals surface area contributed by atoms with Crippen molar-refractivity contribution in [1.82, 2.24) is 4.90 Å². The standard InChI is InChI=1S/C17H19NO/c1-13-7-4-5-12-18(13)17(19)16-11-6-9-14-8-2-3-10-15(14)16/h2-3,6,8-11,13H,4-5,7,12H2,1H3/t13-/m0/s1. The van der Waals surface area contributed by atoms with Gasteiger partial charge in [0.2, 0.25) is 0 Å². The number of amides is 1. The van der Waals surface area contributed by atoms with Crippen molar-refractivity contribution in [1.29, 1.82) is 0 Å². The Balaban J connectivity index is 2.01. The molecule has 1 fully saturated rings. The minimum atomic E-state index is 0.184. The van der Waals surface area contributed by atoms with Crippen LogP contribution in [0.25, 0.3) is 10.8 Å². The zero-order valence-electron chi connectivity index (χ0n) is 11.3. The highest BCUT2D eigenvalue weighted by Crippen LogP contribution is 2.24. The van der Waals surface area contributed by atoms with Crippen molar-refractivity contribution in [2.75, 3.05) is 6.54 Å². The molecule has 2 heteroatoms. The lowest BCUT2D eigenvalue weighted by Gasteiger charge is -2.33. The molecule has 2 nitrogen and oxygen atoms in total. The molecule has 0 aromatic heterocycles. The molecule has 1 aliphatic heterocycles. The number of benzene rings is 2. The van der Waals surface area contributed by atoms with Crippen LogP contribution in [0.2, 0.25) is 0 Å². The largest absolute Gasteiger partial charge is 0.336 e. The van der Waals surface area contributed by atoms with Crippen molar-refractivity contribution < 1.29 is 4.79 Å². The fourth-order valence-corrected chi connectivity index (χ4v) is 2.97. The van der Waals surface area contributed by atoms with Crippen LogP contribution in [0.5, 0.6) is 0 Å². The maximum absolute atomic E-state index is 12.8. The fraction of sp³-hybridized carbons (Fsp3) is 0.353. The van der Waals surface area contributed by atoms with Gasteiger partial charge in [-0.2, -0.15) is 0 Å². The van der Waals surface area contributed by atoms with Crippen molar-refractivity contribution in [2.45, 2.75) is 32.2 Å². The lowest BCUT2D eigenvalue weighted by molar-refractivity contribution is 0.0637.